The summed E-state index contributed by atoms with van der Waals surface area (Å²) in [6, 6.07) is 7.83. The summed E-state index contributed by atoms with van der Waals surface area (Å²) in [4.78, 5) is 9.80. The summed E-state index contributed by atoms with van der Waals surface area (Å²) in [5, 5.41) is 11.6. The summed E-state index contributed by atoms with van der Waals surface area (Å²) in [5.41, 5.74) is 0.710. The lowest BCUT2D eigenvalue weighted by atomic mass is 10.3. The highest BCUT2D eigenvalue weighted by Crippen LogP contribution is 2.36. The number of ether oxygens (including phenoxy) is 1. The van der Waals surface area contributed by atoms with Crippen LogP contribution in [0.4, 0.5) is 5.95 Å². The molecule has 2 aromatic heterocycles. The van der Waals surface area contributed by atoms with Crippen molar-refractivity contribution in [2.75, 3.05) is 19.5 Å². The maximum Gasteiger partial charge on any atom is 0.225 e. The molecular weight excluding hydrogens is 274 g/mol. The first-order valence-corrected chi connectivity index (χ1v) is 6.83. The topological polar surface area (TPSA) is 75.7 Å². The predicted molar refractivity (Wildman–Crippen MR) is 78.3 cm³/mol. The van der Waals surface area contributed by atoms with Gasteiger partial charge >= 0.3 is 0 Å². The number of nitrogens with one attached hydrogen (secondary N) is 2. The van der Waals surface area contributed by atoms with Gasteiger partial charge in [-0.25, -0.2) is 4.98 Å². The largest absolute Gasteiger partial charge is 0.496 e. The minimum atomic E-state index is 0.555. The Morgan fingerprint density at radius 3 is 2.90 bits per heavy atom. The molecule has 1 aromatic carbocycles. The Labute approximate surface area is 120 Å². The molecular formula is C13H13N5OS. The van der Waals surface area contributed by atoms with Gasteiger partial charge in [-0.15, -0.1) is 0 Å². The van der Waals surface area contributed by atoms with E-state index in [9.17, 15) is 0 Å². The molecule has 0 atom stereocenters. The number of hydrogen-bond acceptors (Lipinski definition) is 6. The number of aromatic nitrogens is 4. The molecule has 0 unspecified atom stereocenters. The van der Waals surface area contributed by atoms with Gasteiger partial charge in [0.2, 0.25) is 5.95 Å². The van der Waals surface area contributed by atoms with Crippen molar-refractivity contribution in [3.8, 4) is 5.75 Å². The SMILES string of the molecule is CNc1nc(Sc2ccccc2OC)c2cn[nH]c2n1. The zero-order chi connectivity index (χ0) is 13.9. The van der Waals surface area contributed by atoms with E-state index < -0.39 is 0 Å². The Kier molecular flexibility index (Phi) is 3.42. The van der Waals surface area contributed by atoms with Crippen LogP contribution in [0, 0.1) is 0 Å². The molecule has 2 heterocycles. The molecule has 0 fully saturated rings. The summed E-state index contributed by atoms with van der Waals surface area (Å²) < 4.78 is 5.36. The van der Waals surface area contributed by atoms with Gasteiger partial charge in [0.1, 0.15) is 10.8 Å². The third-order valence-corrected chi connectivity index (χ3v) is 3.84. The number of methoxy groups -OCH3 is 1. The lowest BCUT2D eigenvalue weighted by Gasteiger charge is -2.08. The summed E-state index contributed by atoms with van der Waals surface area (Å²) >= 11 is 1.53. The van der Waals surface area contributed by atoms with E-state index in [0.717, 1.165) is 21.1 Å². The number of aromatic amines is 1. The monoisotopic (exact) mass is 287 g/mol. The van der Waals surface area contributed by atoms with Crippen molar-refractivity contribution in [3.05, 3.63) is 30.5 Å². The zero-order valence-corrected chi connectivity index (χ0v) is 11.9. The van der Waals surface area contributed by atoms with E-state index in [0.29, 0.717) is 11.6 Å². The fourth-order valence-electron chi connectivity index (χ4n) is 1.81. The molecule has 3 aromatic rings. The average Bonchev–Trinajstić information content (AvgIpc) is 2.96. The Hall–Kier alpha value is -2.28. The lowest BCUT2D eigenvalue weighted by Crippen LogP contribution is -1.98. The van der Waals surface area contributed by atoms with E-state index in [1.54, 1.807) is 20.4 Å². The Morgan fingerprint density at radius 1 is 1.25 bits per heavy atom. The molecule has 20 heavy (non-hydrogen) atoms. The van der Waals surface area contributed by atoms with Gasteiger partial charge in [0, 0.05) is 7.05 Å². The molecule has 3 rings (SSSR count). The highest BCUT2D eigenvalue weighted by molar-refractivity contribution is 7.99. The van der Waals surface area contributed by atoms with Gasteiger partial charge in [0.15, 0.2) is 5.65 Å². The molecule has 0 aliphatic heterocycles. The van der Waals surface area contributed by atoms with Crippen molar-refractivity contribution in [1.82, 2.24) is 20.2 Å². The molecule has 0 aliphatic rings. The quantitative estimate of drug-likeness (QED) is 0.718. The molecule has 102 valence electrons. The second-order valence-corrected chi connectivity index (χ2v) is 5.02. The van der Waals surface area contributed by atoms with Crippen molar-refractivity contribution >= 4 is 28.7 Å². The first-order valence-electron chi connectivity index (χ1n) is 6.01. The molecule has 0 bridgehead atoms. The highest BCUT2D eigenvalue weighted by atomic mass is 32.2. The summed E-state index contributed by atoms with van der Waals surface area (Å²) in [5.74, 6) is 1.37. The first-order chi connectivity index (χ1) is 9.81. The van der Waals surface area contributed by atoms with Gasteiger partial charge in [-0.05, 0) is 12.1 Å². The summed E-state index contributed by atoms with van der Waals surface area (Å²) in [7, 11) is 3.45. The van der Waals surface area contributed by atoms with Crippen LogP contribution in [0.3, 0.4) is 0 Å². The van der Waals surface area contributed by atoms with Crippen LogP contribution in [-0.2, 0) is 0 Å². The maximum atomic E-state index is 5.36. The number of benzene rings is 1. The molecule has 0 aliphatic carbocycles. The molecule has 0 spiro atoms. The van der Waals surface area contributed by atoms with Crippen molar-refractivity contribution in [2.24, 2.45) is 0 Å². The van der Waals surface area contributed by atoms with Gasteiger partial charge in [0.05, 0.1) is 23.6 Å². The standard InChI is InChI=1S/C13H13N5OS/c1-14-13-16-11-8(7-15-18-11)12(17-13)20-10-6-4-3-5-9(10)19-2/h3-7H,1-2H3,(H2,14,15,16,17,18). The second-order valence-electron chi connectivity index (χ2n) is 3.99. The van der Waals surface area contributed by atoms with E-state index >= 15 is 0 Å². The Morgan fingerprint density at radius 2 is 2.10 bits per heavy atom. The number of H-pyrrole nitrogens is 1. The van der Waals surface area contributed by atoms with Crippen LogP contribution in [0.2, 0.25) is 0 Å². The predicted octanol–water partition coefficient (Wildman–Crippen LogP) is 2.55. The average molecular weight is 287 g/mol. The Bertz CT molecular complexity index is 742. The number of rotatable bonds is 4. The minimum absolute atomic E-state index is 0.555. The number of para-hydroxylation sites is 1. The minimum Gasteiger partial charge on any atom is -0.496 e. The lowest BCUT2D eigenvalue weighted by molar-refractivity contribution is 0.405. The molecule has 0 radical (unpaired) electrons. The zero-order valence-electron chi connectivity index (χ0n) is 11.0. The van der Waals surface area contributed by atoms with Gasteiger partial charge in [-0.3, -0.25) is 5.10 Å². The Balaban J connectivity index is 2.07. The number of hydrogen-bond donors (Lipinski definition) is 2. The molecule has 2 N–H and O–H groups in total. The van der Waals surface area contributed by atoms with E-state index in [4.69, 9.17) is 4.74 Å². The van der Waals surface area contributed by atoms with Crippen molar-refractivity contribution in [1.29, 1.82) is 0 Å². The highest BCUT2D eigenvalue weighted by Gasteiger charge is 2.12. The fourth-order valence-corrected chi connectivity index (χ4v) is 2.80. The van der Waals surface area contributed by atoms with Gasteiger partial charge in [-0.2, -0.15) is 10.1 Å². The molecule has 0 saturated heterocycles. The molecule has 0 amide bonds. The van der Waals surface area contributed by atoms with E-state index in [2.05, 4.69) is 25.5 Å². The number of anilines is 1. The smallest absolute Gasteiger partial charge is 0.225 e. The van der Waals surface area contributed by atoms with E-state index in [1.165, 1.54) is 11.8 Å². The van der Waals surface area contributed by atoms with Crippen molar-refractivity contribution < 1.29 is 4.74 Å². The number of nitrogens with zero attached hydrogens (tertiary/aromatic N) is 3. The van der Waals surface area contributed by atoms with Crippen LogP contribution >= 0.6 is 11.8 Å². The molecule has 6 nitrogen and oxygen atoms in total. The van der Waals surface area contributed by atoms with Crippen molar-refractivity contribution in [3.63, 3.8) is 0 Å². The summed E-state index contributed by atoms with van der Waals surface area (Å²) in [6.45, 7) is 0. The first kappa shape index (κ1) is 12.7. The molecule has 0 saturated carbocycles. The van der Waals surface area contributed by atoms with Crippen LogP contribution in [0.15, 0.2) is 40.4 Å². The van der Waals surface area contributed by atoms with Crippen molar-refractivity contribution in [2.45, 2.75) is 9.92 Å². The van der Waals surface area contributed by atoms with Gasteiger partial charge < -0.3 is 10.1 Å². The van der Waals surface area contributed by atoms with Crippen LogP contribution < -0.4 is 10.1 Å². The van der Waals surface area contributed by atoms with E-state index in [1.807, 2.05) is 24.3 Å². The number of fused-ring (bicyclic) bond motifs is 1. The van der Waals surface area contributed by atoms with Crippen LogP contribution in [-0.4, -0.2) is 34.3 Å². The third kappa shape index (κ3) is 2.27. The van der Waals surface area contributed by atoms with Gasteiger partial charge in [-0.1, -0.05) is 23.9 Å². The summed E-state index contributed by atoms with van der Waals surface area (Å²) in [6.07, 6.45) is 1.73. The molecule has 7 heteroatoms. The normalized spacial score (nSPS) is 10.7. The van der Waals surface area contributed by atoms with Crippen LogP contribution in [0.1, 0.15) is 0 Å². The fraction of sp³-hybridized carbons (Fsp3) is 0.154. The van der Waals surface area contributed by atoms with Crippen LogP contribution in [0.25, 0.3) is 11.0 Å². The van der Waals surface area contributed by atoms with E-state index in [-0.39, 0.29) is 0 Å². The van der Waals surface area contributed by atoms with Crippen LogP contribution in [0.5, 0.6) is 5.75 Å². The second kappa shape index (κ2) is 5.38. The maximum absolute atomic E-state index is 5.36. The van der Waals surface area contributed by atoms with Gasteiger partial charge in [0.25, 0.3) is 0 Å². The third-order valence-electron chi connectivity index (χ3n) is 2.77.